The number of unbranched alkanes of at least 4 members (excludes halogenated alkanes) is 1. The Morgan fingerprint density at radius 1 is 1.00 bits per heavy atom. The van der Waals surface area contributed by atoms with Crippen LogP contribution in [0.25, 0.3) is 0 Å². The van der Waals surface area contributed by atoms with Crippen molar-refractivity contribution >= 4 is 23.8 Å². The summed E-state index contributed by atoms with van der Waals surface area (Å²) >= 11 is 0. The molecule has 6 N–H and O–H groups in total. The van der Waals surface area contributed by atoms with Gasteiger partial charge in [0.25, 0.3) is 0 Å². The van der Waals surface area contributed by atoms with Gasteiger partial charge in [-0.3, -0.25) is 15.0 Å². The fourth-order valence-electron chi connectivity index (χ4n) is 2.93. The molecular weight excluding hydrogens is 412 g/mol. The third kappa shape index (κ3) is 8.86. The minimum absolute atomic E-state index is 0.0154. The van der Waals surface area contributed by atoms with E-state index in [1.54, 1.807) is 36.4 Å². The molecule has 0 spiro atoms. The second-order valence-corrected chi connectivity index (χ2v) is 7.22. The highest BCUT2D eigenvalue weighted by Gasteiger charge is 2.24. The Balaban J connectivity index is 1.73. The molecule has 1 atom stereocenters. The van der Waals surface area contributed by atoms with Crippen LogP contribution in [0.1, 0.15) is 36.0 Å². The highest BCUT2D eigenvalue weighted by molar-refractivity contribution is 5.94. The predicted octanol–water partition coefficient (Wildman–Crippen LogP) is 2.18. The van der Waals surface area contributed by atoms with Crippen LogP contribution in [0.4, 0.5) is 4.79 Å². The number of aryl methyl sites for hydroxylation is 1. The van der Waals surface area contributed by atoms with Gasteiger partial charge in [-0.05, 0) is 30.4 Å². The third-order valence-electron chi connectivity index (χ3n) is 4.66. The first-order chi connectivity index (χ1) is 15.3. The molecule has 0 fully saturated rings. The maximum atomic E-state index is 12.3. The van der Waals surface area contributed by atoms with Gasteiger partial charge in [-0.1, -0.05) is 54.6 Å². The lowest BCUT2D eigenvalue weighted by atomic mass is 10.1. The van der Waals surface area contributed by atoms with E-state index in [1.807, 2.05) is 18.2 Å². The average molecular weight is 441 g/mol. The summed E-state index contributed by atoms with van der Waals surface area (Å²) in [5.74, 6) is -1.76. The molecule has 0 heterocycles. The van der Waals surface area contributed by atoms with Crippen molar-refractivity contribution in [3.05, 3.63) is 71.3 Å². The van der Waals surface area contributed by atoms with Crippen LogP contribution in [-0.4, -0.2) is 41.5 Å². The Morgan fingerprint density at radius 3 is 2.31 bits per heavy atom. The van der Waals surface area contributed by atoms with Gasteiger partial charge in [-0.25, -0.2) is 4.79 Å². The van der Waals surface area contributed by atoms with Crippen LogP contribution in [0.3, 0.4) is 0 Å². The molecule has 0 saturated heterocycles. The number of rotatable bonds is 12. The maximum Gasteiger partial charge on any atom is 0.408 e. The van der Waals surface area contributed by atoms with E-state index < -0.39 is 30.4 Å². The number of carboxylic acids is 1. The number of aliphatic carboxylic acids is 1. The lowest BCUT2D eigenvalue weighted by molar-refractivity contribution is -0.139. The van der Waals surface area contributed by atoms with E-state index in [-0.39, 0.29) is 12.4 Å². The highest BCUT2D eigenvalue weighted by atomic mass is 16.5. The molecule has 170 valence electrons. The summed E-state index contributed by atoms with van der Waals surface area (Å²) in [6.45, 7) is 0.364. The third-order valence-corrected chi connectivity index (χ3v) is 4.66. The minimum atomic E-state index is -1.23. The zero-order chi connectivity index (χ0) is 23.3. The molecular formula is C23H28N4O5. The molecule has 2 rings (SSSR count). The Morgan fingerprint density at radius 2 is 1.69 bits per heavy atom. The van der Waals surface area contributed by atoms with Crippen molar-refractivity contribution in [3.63, 3.8) is 0 Å². The zero-order valence-corrected chi connectivity index (χ0v) is 17.7. The molecule has 2 aromatic carbocycles. The van der Waals surface area contributed by atoms with Crippen molar-refractivity contribution in [2.75, 3.05) is 6.54 Å². The van der Waals surface area contributed by atoms with E-state index in [0.717, 1.165) is 24.0 Å². The van der Waals surface area contributed by atoms with Gasteiger partial charge >= 0.3 is 12.1 Å². The molecule has 0 aliphatic heterocycles. The number of carboxylic acid groups (broad SMARTS) is 1. The van der Waals surface area contributed by atoms with E-state index in [2.05, 4.69) is 10.6 Å². The minimum Gasteiger partial charge on any atom is -0.481 e. The number of nitrogen functional groups attached to an aromatic ring is 1. The molecule has 0 radical (unpaired) electrons. The molecule has 2 aromatic rings. The number of nitrogens with one attached hydrogen (secondary N) is 3. The first kappa shape index (κ1) is 24.4. The summed E-state index contributed by atoms with van der Waals surface area (Å²) in [5.41, 5.74) is 7.97. The molecule has 2 amide bonds. The van der Waals surface area contributed by atoms with E-state index >= 15 is 0 Å². The summed E-state index contributed by atoms with van der Waals surface area (Å²) < 4.78 is 5.06. The van der Waals surface area contributed by atoms with Crippen LogP contribution in [0, 0.1) is 5.41 Å². The smallest absolute Gasteiger partial charge is 0.408 e. The number of hydrogen-bond donors (Lipinski definition) is 5. The van der Waals surface area contributed by atoms with Crippen LogP contribution in [-0.2, 0) is 27.4 Å². The Labute approximate surface area is 186 Å². The lowest BCUT2D eigenvalue weighted by Gasteiger charge is -2.17. The summed E-state index contributed by atoms with van der Waals surface area (Å²) in [6, 6.07) is 15.2. The SMILES string of the molecule is N=C(N)c1ccc(CCCCNC(=O)[C@@H](CC(=O)O)NC(=O)OCc2ccccc2)cc1. The molecule has 0 aliphatic rings. The first-order valence-corrected chi connectivity index (χ1v) is 10.2. The normalized spacial score (nSPS) is 11.2. The van der Waals surface area contributed by atoms with E-state index in [1.165, 1.54) is 0 Å². The lowest BCUT2D eigenvalue weighted by Crippen LogP contribution is -2.48. The van der Waals surface area contributed by atoms with Crippen molar-refractivity contribution in [2.45, 2.75) is 38.3 Å². The summed E-state index contributed by atoms with van der Waals surface area (Å²) in [6.07, 6.45) is 0.865. The van der Waals surface area contributed by atoms with Gasteiger partial charge in [0, 0.05) is 12.1 Å². The average Bonchev–Trinajstić information content (AvgIpc) is 2.77. The number of hydrogen-bond acceptors (Lipinski definition) is 5. The van der Waals surface area contributed by atoms with Crippen molar-refractivity contribution < 1.29 is 24.2 Å². The van der Waals surface area contributed by atoms with Gasteiger partial charge in [0.1, 0.15) is 18.5 Å². The topological polar surface area (TPSA) is 155 Å². The number of amidine groups is 1. The molecule has 32 heavy (non-hydrogen) atoms. The van der Waals surface area contributed by atoms with E-state index in [9.17, 15) is 14.4 Å². The Bertz CT molecular complexity index is 916. The number of carbonyl (C=O) groups excluding carboxylic acids is 2. The number of carbonyl (C=O) groups is 3. The molecule has 0 bridgehead atoms. The van der Waals surface area contributed by atoms with Crippen molar-refractivity contribution in [3.8, 4) is 0 Å². The fourth-order valence-corrected chi connectivity index (χ4v) is 2.93. The standard InChI is InChI=1S/C23H28N4O5/c24-21(25)18-11-9-16(10-12-18)6-4-5-13-26-22(30)19(14-20(28)29)27-23(31)32-15-17-7-2-1-3-8-17/h1-3,7-12,19H,4-6,13-15H2,(H3,24,25)(H,26,30)(H,27,31)(H,28,29)/t19-/m1/s1. The number of nitrogens with two attached hydrogens (primary N) is 1. The van der Waals surface area contributed by atoms with Crippen molar-refractivity contribution in [1.29, 1.82) is 5.41 Å². The van der Waals surface area contributed by atoms with Crippen molar-refractivity contribution in [1.82, 2.24) is 10.6 Å². The maximum absolute atomic E-state index is 12.3. The number of ether oxygens (including phenoxy) is 1. The van der Waals surface area contributed by atoms with Crippen LogP contribution < -0.4 is 16.4 Å². The van der Waals surface area contributed by atoms with Gasteiger partial charge in [0.05, 0.1) is 6.42 Å². The van der Waals surface area contributed by atoms with Crippen LogP contribution >= 0.6 is 0 Å². The number of amides is 2. The Hall–Kier alpha value is -3.88. The van der Waals surface area contributed by atoms with E-state index in [4.69, 9.17) is 21.0 Å². The largest absolute Gasteiger partial charge is 0.481 e. The predicted molar refractivity (Wildman–Crippen MR) is 119 cm³/mol. The quantitative estimate of drug-likeness (QED) is 0.194. The van der Waals surface area contributed by atoms with Gasteiger partial charge in [0.15, 0.2) is 0 Å². The second-order valence-electron chi connectivity index (χ2n) is 7.22. The number of benzene rings is 2. The van der Waals surface area contributed by atoms with Crippen LogP contribution in [0.15, 0.2) is 54.6 Å². The molecule has 0 aliphatic carbocycles. The molecule has 9 heteroatoms. The highest BCUT2D eigenvalue weighted by Crippen LogP contribution is 2.08. The summed E-state index contributed by atoms with van der Waals surface area (Å²) in [4.78, 5) is 35.4. The van der Waals surface area contributed by atoms with Gasteiger partial charge < -0.3 is 26.2 Å². The molecule has 0 unspecified atom stereocenters. The molecule has 0 aromatic heterocycles. The zero-order valence-electron chi connectivity index (χ0n) is 17.7. The van der Waals surface area contributed by atoms with Gasteiger partial charge in [0.2, 0.25) is 5.91 Å². The van der Waals surface area contributed by atoms with Gasteiger partial charge in [-0.15, -0.1) is 0 Å². The fraction of sp³-hybridized carbons (Fsp3) is 0.304. The first-order valence-electron chi connectivity index (χ1n) is 10.2. The Kier molecular flexibility index (Phi) is 9.70. The van der Waals surface area contributed by atoms with Crippen molar-refractivity contribution in [2.24, 2.45) is 5.73 Å². The van der Waals surface area contributed by atoms with Crippen LogP contribution in [0.5, 0.6) is 0 Å². The number of alkyl carbamates (subject to hydrolysis) is 1. The summed E-state index contributed by atoms with van der Waals surface area (Å²) in [5, 5.41) is 21.4. The summed E-state index contributed by atoms with van der Waals surface area (Å²) in [7, 11) is 0. The second kappa shape index (κ2) is 12.7. The molecule has 9 nitrogen and oxygen atoms in total. The van der Waals surface area contributed by atoms with Crippen LogP contribution in [0.2, 0.25) is 0 Å². The van der Waals surface area contributed by atoms with E-state index in [0.29, 0.717) is 18.5 Å². The monoisotopic (exact) mass is 440 g/mol. The molecule has 0 saturated carbocycles. The van der Waals surface area contributed by atoms with Gasteiger partial charge in [-0.2, -0.15) is 0 Å².